The fourth-order valence-corrected chi connectivity index (χ4v) is 5.67. The zero-order valence-electron chi connectivity index (χ0n) is 23.2. The first kappa shape index (κ1) is 28.5. The Kier molecular flexibility index (Phi) is 6.79. The minimum Gasteiger partial charge on any atom is -0.455 e. The molecule has 0 radical (unpaired) electrons. The molecule has 1 aliphatic carbocycles. The first-order valence-corrected chi connectivity index (χ1v) is 15.1. The predicted octanol–water partition coefficient (Wildman–Crippen LogP) is 6.14. The minimum absolute atomic E-state index is 0.0118. The zero-order valence-corrected chi connectivity index (χ0v) is 24.1. The Balaban J connectivity index is 1.58. The largest absolute Gasteiger partial charge is 0.455 e. The molecule has 5 aromatic rings. The lowest BCUT2D eigenvalue weighted by atomic mass is 9.98. The number of alkyl halides is 2. The first-order chi connectivity index (χ1) is 20.4. The molecular formula is C30H25F3N4O5S. The van der Waals surface area contributed by atoms with Gasteiger partial charge in [-0.1, -0.05) is 0 Å². The molecule has 0 saturated heterocycles. The molecule has 3 heterocycles. The minimum atomic E-state index is -3.78. The average Bonchev–Trinajstić information content (AvgIpc) is 3.58. The number of carbonyl (C=O) groups is 1. The fraction of sp³-hybridized carbons (Fsp3) is 0.233. The van der Waals surface area contributed by atoms with Gasteiger partial charge in [0.25, 0.3) is 11.8 Å². The van der Waals surface area contributed by atoms with E-state index in [4.69, 9.17) is 8.83 Å². The van der Waals surface area contributed by atoms with E-state index < -0.39 is 27.7 Å². The third-order valence-electron chi connectivity index (χ3n) is 7.42. The van der Waals surface area contributed by atoms with Crippen LogP contribution in [0.15, 0.2) is 63.6 Å². The van der Waals surface area contributed by atoms with Crippen LogP contribution in [0.3, 0.4) is 0 Å². The van der Waals surface area contributed by atoms with Gasteiger partial charge in [0.2, 0.25) is 15.9 Å². The van der Waals surface area contributed by atoms with Crippen molar-refractivity contribution in [2.75, 3.05) is 24.7 Å². The molecule has 1 aliphatic rings. The smallest absolute Gasteiger partial charge is 0.293 e. The standard InChI is InChI=1S/C30H25F3N4O5S/c1-34-28(38)25-20-14-19(21-13-17(10-12-35-21)29-36-27-23(42-29)5-4-11-30(27,32)33)22(37(2)43(3,39)40)15-24(20)41-26(25)16-6-8-18(31)9-7-16/h6-10,12-15H,4-5,11H2,1-3H3,(H,34,38). The molecule has 3 aromatic heterocycles. The zero-order chi connectivity index (χ0) is 30.7. The highest BCUT2D eigenvalue weighted by molar-refractivity contribution is 7.92. The normalized spacial score (nSPS) is 14.5. The number of hydrogen-bond acceptors (Lipinski definition) is 7. The quantitative estimate of drug-likeness (QED) is 0.245. The van der Waals surface area contributed by atoms with Crippen LogP contribution >= 0.6 is 0 Å². The summed E-state index contributed by atoms with van der Waals surface area (Å²) in [4.78, 5) is 21.7. The Bertz CT molecular complexity index is 2000. The third kappa shape index (κ3) is 5.03. The van der Waals surface area contributed by atoms with Gasteiger partial charge in [0.15, 0.2) is 5.69 Å². The van der Waals surface area contributed by atoms with Crippen LogP contribution in [0.25, 0.3) is 45.0 Å². The molecule has 1 N–H and O–H groups in total. The Morgan fingerprint density at radius 1 is 1.07 bits per heavy atom. The molecule has 0 saturated carbocycles. The highest BCUT2D eigenvalue weighted by atomic mass is 32.2. The maximum atomic E-state index is 14.5. The number of sulfonamides is 1. The monoisotopic (exact) mass is 610 g/mol. The van der Waals surface area contributed by atoms with Gasteiger partial charge in [-0.15, -0.1) is 0 Å². The van der Waals surface area contributed by atoms with E-state index in [-0.39, 0.29) is 58.5 Å². The number of pyridine rings is 1. The van der Waals surface area contributed by atoms with Gasteiger partial charge in [-0.3, -0.25) is 14.1 Å². The number of fused-ring (bicyclic) bond motifs is 2. The number of oxazole rings is 1. The number of amides is 1. The van der Waals surface area contributed by atoms with Crippen LogP contribution in [0.5, 0.6) is 0 Å². The van der Waals surface area contributed by atoms with Gasteiger partial charge in [0.05, 0.1) is 23.2 Å². The van der Waals surface area contributed by atoms with Crippen LogP contribution in [0.2, 0.25) is 0 Å². The van der Waals surface area contributed by atoms with Gasteiger partial charge in [-0.25, -0.2) is 17.8 Å². The number of benzene rings is 2. The summed E-state index contributed by atoms with van der Waals surface area (Å²) < 4.78 is 80.8. The Morgan fingerprint density at radius 3 is 2.49 bits per heavy atom. The number of aromatic nitrogens is 2. The molecule has 0 atom stereocenters. The van der Waals surface area contributed by atoms with Crippen molar-refractivity contribution in [1.29, 1.82) is 0 Å². The third-order valence-corrected chi connectivity index (χ3v) is 8.62. The molecule has 0 aliphatic heterocycles. The Morgan fingerprint density at radius 2 is 1.81 bits per heavy atom. The van der Waals surface area contributed by atoms with Crippen LogP contribution in [0, 0.1) is 5.82 Å². The number of aryl methyl sites for hydroxylation is 1. The van der Waals surface area contributed by atoms with E-state index in [0.29, 0.717) is 28.5 Å². The van der Waals surface area contributed by atoms with Crippen molar-refractivity contribution in [3.05, 3.63) is 77.6 Å². The lowest BCUT2D eigenvalue weighted by Gasteiger charge is -2.20. The second-order valence-electron chi connectivity index (χ2n) is 10.3. The molecular weight excluding hydrogens is 585 g/mol. The van der Waals surface area contributed by atoms with Crippen molar-refractivity contribution in [2.45, 2.75) is 25.2 Å². The number of hydrogen-bond donors (Lipinski definition) is 1. The van der Waals surface area contributed by atoms with E-state index in [1.54, 1.807) is 18.2 Å². The van der Waals surface area contributed by atoms with E-state index in [1.807, 2.05) is 0 Å². The highest BCUT2D eigenvalue weighted by Crippen LogP contribution is 2.43. The summed E-state index contributed by atoms with van der Waals surface area (Å²) in [5, 5.41) is 2.93. The number of carbonyl (C=O) groups excluding carboxylic acids is 1. The van der Waals surface area contributed by atoms with Gasteiger partial charge in [0.1, 0.15) is 22.9 Å². The Hall–Kier alpha value is -4.65. The van der Waals surface area contributed by atoms with Crippen LogP contribution in [-0.2, 0) is 22.4 Å². The van der Waals surface area contributed by atoms with Crippen molar-refractivity contribution >= 4 is 32.6 Å². The van der Waals surface area contributed by atoms with E-state index in [9.17, 15) is 26.4 Å². The number of anilines is 1. The Labute approximate surface area is 244 Å². The second kappa shape index (κ2) is 10.3. The molecule has 222 valence electrons. The van der Waals surface area contributed by atoms with Crippen molar-refractivity contribution in [3.63, 3.8) is 0 Å². The van der Waals surface area contributed by atoms with E-state index >= 15 is 0 Å². The second-order valence-corrected chi connectivity index (χ2v) is 12.3. The molecule has 13 heteroatoms. The van der Waals surface area contributed by atoms with Gasteiger partial charge in [-0.2, -0.15) is 8.78 Å². The van der Waals surface area contributed by atoms with Crippen molar-refractivity contribution < 1.29 is 35.2 Å². The molecule has 2 aromatic carbocycles. The number of halogens is 3. The van der Waals surface area contributed by atoms with Gasteiger partial charge >= 0.3 is 0 Å². The number of nitrogens with one attached hydrogen (secondary N) is 1. The topological polar surface area (TPSA) is 119 Å². The summed E-state index contributed by atoms with van der Waals surface area (Å²) in [6, 6.07) is 11.6. The van der Waals surface area contributed by atoms with Crippen molar-refractivity contribution in [3.8, 4) is 34.0 Å². The van der Waals surface area contributed by atoms with Crippen LogP contribution in [-0.4, -0.2) is 44.6 Å². The summed E-state index contributed by atoms with van der Waals surface area (Å²) in [5.41, 5.74) is 1.51. The highest BCUT2D eigenvalue weighted by Gasteiger charge is 2.41. The van der Waals surface area contributed by atoms with Gasteiger partial charge < -0.3 is 14.2 Å². The lowest BCUT2D eigenvalue weighted by Crippen LogP contribution is -2.25. The van der Waals surface area contributed by atoms with E-state index in [2.05, 4.69) is 15.3 Å². The maximum Gasteiger partial charge on any atom is 0.293 e. The molecule has 0 unspecified atom stereocenters. The summed E-state index contributed by atoms with van der Waals surface area (Å²) in [6.45, 7) is 0. The first-order valence-electron chi connectivity index (χ1n) is 13.2. The molecule has 1 amide bonds. The number of furan rings is 1. The number of nitrogens with zero attached hydrogens (tertiary/aromatic N) is 3. The number of rotatable bonds is 6. The SMILES string of the molecule is CNC(=O)c1c(-c2ccc(F)cc2)oc2cc(N(C)S(C)(=O)=O)c(-c3cc(-c4nc5c(o4)CCCC5(F)F)ccn3)cc12. The molecule has 0 spiro atoms. The summed E-state index contributed by atoms with van der Waals surface area (Å²) in [5.74, 6) is -3.77. The van der Waals surface area contributed by atoms with Gasteiger partial charge in [0, 0.05) is 61.3 Å². The maximum absolute atomic E-state index is 14.5. The van der Waals surface area contributed by atoms with Crippen molar-refractivity contribution in [2.24, 2.45) is 0 Å². The summed E-state index contributed by atoms with van der Waals surface area (Å²) in [6.07, 6.45) is 2.77. The van der Waals surface area contributed by atoms with E-state index in [0.717, 1.165) is 10.6 Å². The molecule has 9 nitrogen and oxygen atoms in total. The predicted molar refractivity (Wildman–Crippen MR) is 154 cm³/mol. The van der Waals surface area contributed by atoms with Crippen LogP contribution < -0.4 is 9.62 Å². The van der Waals surface area contributed by atoms with Crippen LogP contribution in [0.1, 0.15) is 34.7 Å². The summed E-state index contributed by atoms with van der Waals surface area (Å²) in [7, 11) is -0.975. The molecule has 0 bridgehead atoms. The molecule has 6 rings (SSSR count). The fourth-order valence-electron chi connectivity index (χ4n) is 5.16. The molecule has 43 heavy (non-hydrogen) atoms. The van der Waals surface area contributed by atoms with E-state index in [1.165, 1.54) is 50.6 Å². The van der Waals surface area contributed by atoms with Crippen molar-refractivity contribution in [1.82, 2.24) is 15.3 Å². The average molecular weight is 611 g/mol. The lowest BCUT2D eigenvalue weighted by molar-refractivity contribution is -0.0274. The van der Waals surface area contributed by atoms with Gasteiger partial charge in [-0.05, 0) is 48.9 Å². The molecule has 0 fully saturated rings. The van der Waals surface area contributed by atoms with Crippen LogP contribution in [0.4, 0.5) is 18.9 Å². The summed E-state index contributed by atoms with van der Waals surface area (Å²) >= 11 is 0.